The van der Waals surface area contributed by atoms with Gasteiger partial charge in [0.15, 0.2) is 0 Å². The van der Waals surface area contributed by atoms with Crippen molar-refractivity contribution in [3.8, 4) is 0 Å². The number of rotatable bonds is 5. The van der Waals surface area contributed by atoms with E-state index in [0.29, 0.717) is 12.1 Å². The van der Waals surface area contributed by atoms with Gasteiger partial charge in [0.25, 0.3) is 0 Å². The normalized spacial score (nSPS) is 24.9. The lowest BCUT2D eigenvalue weighted by Gasteiger charge is -2.25. The number of esters is 1. The number of nitrogens with zero attached hydrogens (tertiary/aromatic N) is 1. The fourth-order valence-electron chi connectivity index (χ4n) is 1.90. The van der Waals surface area contributed by atoms with E-state index in [0.717, 1.165) is 0 Å². The monoisotopic (exact) mass is 253 g/mol. The van der Waals surface area contributed by atoms with Crippen LogP contribution in [0.1, 0.15) is 34.1 Å². The van der Waals surface area contributed by atoms with E-state index in [-0.39, 0.29) is 12.5 Å². The number of carbonyl (C=O) groups excluding carboxylic acids is 2. The van der Waals surface area contributed by atoms with Crippen molar-refractivity contribution in [2.24, 2.45) is 10.9 Å². The quantitative estimate of drug-likeness (QED) is 0.557. The van der Waals surface area contributed by atoms with Gasteiger partial charge >= 0.3 is 12.1 Å². The molecule has 100 valence electrons. The van der Waals surface area contributed by atoms with Crippen LogP contribution in [0.2, 0.25) is 0 Å². The second-order valence-corrected chi connectivity index (χ2v) is 4.32. The molecule has 0 radical (unpaired) electrons. The zero-order chi connectivity index (χ0) is 13.8. The summed E-state index contributed by atoms with van der Waals surface area (Å²) < 4.78 is 9.98. The van der Waals surface area contributed by atoms with Gasteiger partial charge in [0.2, 0.25) is 5.60 Å². The van der Waals surface area contributed by atoms with Gasteiger partial charge in [-0.2, -0.15) is 4.99 Å². The Bertz CT molecular complexity index is 400. The van der Waals surface area contributed by atoms with E-state index >= 15 is 0 Å². The molecule has 0 fully saturated rings. The summed E-state index contributed by atoms with van der Waals surface area (Å²) in [5.41, 5.74) is -0.947. The number of carbonyl (C=O) groups is 2. The molecular formula is C13H19NO4. The van der Waals surface area contributed by atoms with Crippen LogP contribution in [0.25, 0.3) is 0 Å². The molecule has 0 saturated carbocycles. The van der Waals surface area contributed by atoms with Crippen LogP contribution in [0.4, 0.5) is 4.79 Å². The molecule has 1 amide bonds. The topological polar surface area (TPSA) is 65.0 Å². The Balaban J connectivity index is 2.95. The molecule has 1 aliphatic rings. The molecular weight excluding hydrogens is 234 g/mol. The van der Waals surface area contributed by atoms with Crippen LogP contribution in [0.3, 0.4) is 0 Å². The van der Waals surface area contributed by atoms with E-state index in [4.69, 9.17) is 9.47 Å². The summed E-state index contributed by atoms with van der Waals surface area (Å²) >= 11 is 0. The van der Waals surface area contributed by atoms with Crippen molar-refractivity contribution in [3.63, 3.8) is 0 Å². The molecule has 2 atom stereocenters. The molecule has 5 heteroatoms. The van der Waals surface area contributed by atoms with Gasteiger partial charge in [-0.3, -0.25) is 0 Å². The van der Waals surface area contributed by atoms with Crippen LogP contribution >= 0.6 is 0 Å². The highest BCUT2D eigenvalue weighted by molar-refractivity contribution is 6.17. The van der Waals surface area contributed by atoms with Gasteiger partial charge in [-0.15, -0.1) is 0 Å². The van der Waals surface area contributed by atoms with Crippen LogP contribution in [-0.2, 0) is 14.3 Å². The molecule has 18 heavy (non-hydrogen) atoms. The molecule has 5 nitrogen and oxygen atoms in total. The van der Waals surface area contributed by atoms with Crippen LogP contribution < -0.4 is 0 Å². The standard InChI is InChI=1S/C13H19NO4/c1-5-7-8-9(3)10-13(4,11(15)17-6-2)18-12(16)14-10/h5,7,9H,6,8H2,1-4H3/b7-5+/t9-,13?/m1/s1. The Kier molecular flexibility index (Phi) is 4.64. The van der Waals surface area contributed by atoms with E-state index in [1.807, 2.05) is 26.0 Å². The zero-order valence-corrected chi connectivity index (χ0v) is 11.2. The van der Waals surface area contributed by atoms with E-state index in [1.54, 1.807) is 6.92 Å². The first kappa shape index (κ1) is 14.4. The highest BCUT2D eigenvalue weighted by Crippen LogP contribution is 2.28. The lowest BCUT2D eigenvalue weighted by atomic mass is 9.88. The van der Waals surface area contributed by atoms with Crippen LogP contribution in [-0.4, -0.2) is 30.0 Å². The van der Waals surface area contributed by atoms with Gasteiger partial charge in [0.05, 0.1) is 12.3 Å². The first-order chi connectivity index (χ1) is 8.45. The van der Waals surface area contributed by atoms with Crippen molar-refractivity contribution in [1.29, 1.82) is 0 Å². The van der Waals surface area contributed by atoms with Gasteiger partial charge in [0, 0.05) is 5.92 Å². The van der Waals surface area contributed by atoms with E-state index in [2.05, 4.69) is 4.99 Å². The van der Waals surface area contributed by atoms with E-state index < -0.39 is 17.7 Å². The van der Waals surface area contributed by atoms with Crippen molar-refractivity contribution in [2.75, 3.05) is 6.61 Å². The van der Waals surface area contributed by atoms with Gasteiger partial charge in [-0.25, -0.2) is 9.59 Å². The molecule has 1 heterocycles. The summed E-state index contributed by atoms with van der Waals surface area (Å²) in [6.45, 7) is 7.29. The molecule has 0 saturated heterocycles. The van der Waals surface area contributed by atoms with Crippen molar-refractivity contribution < 1.29 is 19.1 Å². The maximum Gasteiger partial charge on any atom is 0.435 e. The van der Waals surface area contributed by atoms with Gasteiger partial charge < -0.3 is 9.47 Å². The SMILES string of the molecule is C/C=C/C[C@@H](C)C1=NC(=O)OC1(C)C(=O)OCC. The number of ether oxygens (including phenoxy) is 2. The zero-order valence-electron chi connectivity index (χ0n) is 11.2. The third-order valence-corrected chi connectivity index (χ3v) is 2.85. The van der Waals surface area contributed by atoms with Crippen molar-refractivity contribution in [3.05, 3.63) is 12.2 Å². The van der Waals surface area contributed by atoms with Crippen LogP contribution in [0.15, 0.2) is 17.1 Å². The van der Waals surface area contributed by atoms with Gasteiger partial charge in [-0.1, -0.05) is 19.1 Å². The molecule has 0 aromatic carbocycles. The minimum Gasteiger partial charge on any atom is -0.463 e. The van der Waals surface area contributed by atoms with E-state index in [9.17, 15) is 9.59 Å². The average molecular weight is 253 g/mol. The lowest BCUT2D eigenvalue weighted by molar-refractivity contribution is -0.156. The fourth-order valence-corrected chi connectivity index (χ4v) is 1.90. The van der Waals surface area contributed by atoms with E-state index in [1.165, 1.54) is 6.92 Å². The summed E-state index contributed by atoms with van der Waals surface area (Å²) in [5.74, 6) is -0.621. The molecule has 0 N–H and O–H groups in total. The Morgan fingerprint density at radius 2 is 2.28 bits per heavy atom. The molecule has 0 aromatic rings. The molecule has 1 rings (SSSR count). The van der Waals surface area contributed by atoms with Crippen LogP contribution in [0.5, 0.6) is 0 Å². The Labute approximate surface area is 107 Å². The minimum absolute atomic E-state index is 0.0537. The maximum atomic E-state index is 11.9. The summed E-state index contributed by atoms with van der Waals surface area (Å²) in [4.78, 5) is 27.0. The minimum atomic E-state index is -1.38. The Morgan fingerprint density at radius 3 is 2.83 bits per heavy atom. The fraction of sp³-hybridized carbons (Fsp3) is 0.615. The second kappa shape index (κ2) is 5.80. The lowest BCUT2D eigenvalue weighted by Crippen LogP contribution is -2.47. The number of hydrogen-bond acceptors (Lipinski definition) is 4. The molecule has 0 spiro atoms. The maximum absolute atomic E-state index is 11.9. The summed E-state index contributed by atoms with van der Waals surface area (Å²) in [6.07, 6.45) is 3.84. The van der Waals surface area contributed by atoms with Crippen LogP contribution in [0, 0.1) is 5.92 Å². The van der Waals surface area contributed by atoms with Crippen molar-refractivity contribution in [2.45, 2.75) is 39.7 Å². The summed E-state index contributed by atoms with van der Waals surface area (Å²) in [5, 5.41) is 0. The summed E-state index contributed by atoms with van der Waals surface area (Å²) in [6, 6.07) is 0. The number of amides is 1. The highest BCUT2D eigenvalue weighted by atomic mass is 16.6. The summed E-state index contributed by atoms with van der Waals surface area (Å²) in [7, 11) is 0. The molecule has 0 aliphatic carbocycles. The van der Waals surface area contributed by atoms with Gasteiger partial charge in [-0.05, 0) is 27.2 Å². The van der Waals surface area contributed by atoms with Crippen molar-refractivity contribution >= 4 is 17.8 Å². The number of allylic oxidation sites excluding steroid dienone is 2. The second-order valence-electron chi connectivity index (χ2n) is 4.32. The number of cyclic esters (lactones) is 1. The smallest absolute Gasteiger partial charge is 0.435 e. The highest BCUT2D eigenvalue weighted by Gasteiger charge is 2.50. The predicted octanol–water partition coefficient (Wildman–Crippen LogP) is 2.50. The molecule has 0 bridgehead atoms. The Morgan fingerprint density at radius 1 is 1.61 bits per heavy atom. The third kappa shape index (κ3) is 2.78. The third-order valence-electron chi connectivity index (χ3n) is 2.85. The average Bonchev–Trinajstić information content (AvgIpc) is 2.63. The predicted molar refractivity (Wildman–Crippen MR) is 67.5 cm³/mol. The first-order valence-electron chi connectivity index (χ1n) is 6.06. The number of hydrogen-bond donors (Lipinski definition) is 0. The van der Waals surface area contributed by atoms with Gasteiger partial charge in [0.1, 0.15) is 0 Å². The van der Waals surface area contributed by atoms with Crippen molar-refractivity contribution in [1.82, 2.24) is 0 Å². The molecule has 0 aromatic heterocycles. The molecule has 1 aliphatic heterocycles. The molecule has 1 unspecified atom stereocenters. The Hall–Kier alpha value is -1.65. The first-order valence-corrected chi connectivity index (χ1v) is 6.06. The largest absolute Gasteiger partial charge is 0.463 e. The number of aliphatic imine (C=N–C) groups is 1.